The Balaban J connectivity index is 1.24. The summed E-state index contributed by atoms with van der Waals surface area (Å²) in [6.45, 7) is 19.2. The van der Waals surface area contributed by atoms with Crippen molar-refractivity contribution in [3.05, 3.63) is 38.7 Å². The van der Waals surface area contributed by atoms with Crippen LogP contribution in [0, 0.1) is 20.8 Å². The zero-order chi connectivity index (χ0) is 44.6. The highest BCUT2D eigenvalue weighted by Crippen LogP contribution is 2.36. The molecule has 0 aliphatic heterocycles. The maximum atomic E-state index is 12.6. The van der Waals surface area contributed by atoms with Gasteiger partial charge in [-0.15, -0.1) is 22.7 Å². The molecule has 61 heavy (non-hydrogen) atoms. The predicted octanol–water partition coefficient (Wildman–Crippen LogP) is 8.81. The Bertz CT molecular complexity index is 2300. The van der Waals surface area contributed by atoms with Crippen LogP contribution in [-0.2, 0) is 14.2 Å². The average molecular weight is 914 g/mol. The van der Waals surface area contributed by atoms with E-state index >= 15 is 0 Å². The highest BCUT2D eigenvalue weighted by Gasteiger charge is 2.26. The lowest BCUT2D eigenvalue weighted by Crippen LogP contribution is -2.45. The Labute approximate surface area is 365 Å². The van der Waals surface area contributed by atoms with E-state index in [9.17, 15) is 14.4 Å². The number of amides is 2. The fraction of sp³-hybridized carbons (Fsp3) is 0.513. The standard InChI is InChI=1S/C39H55N9O9S2Si2/c1-22-28(33-45-30(24(3)57-33)36(49)52-6)43-31(55-22)26-21-59-35(42-26)29-23(2)56-32(44-29)25-20-58-34(41-25)27(48(4)5)14-13-15-40-37(46-38(50)53-16-18-60(7,8)9)47-39(51)54-17-19-61(10,11)12/h20-21,27H,13-19H2,1-12H3,(H2,40,46,47,50,51)/t27-/m0/s1. The monoisotopic (exact) mass is 913 g/mol. The van der Waals surface area contributed by atoms with Crippen molar-refractivity contribution in [1.82, 2.24) is 40.5 Å². The van der Waals surface area contributed by atoms with E-state index in [2.05, 4.69) is 69.8 Å². The van der Waals surface area contributed by atoms with Crippen molar-refractivity contribution in [2.75, 3.05) is 41.0 Å². The van der Waals surface area contributed by atoms with E-state index in [0.717, 1.165) is 17.1 Å². The Hall–Kier alpha value is -5.04. The number of aromatic nitrogens is 5. The minimum absolute atomic E-state index is 0.0199. The van der Waals surface area contributed by atoms with Crippen molar-refractivity contribution >= 4 is 62.9 Å². The molecule has 0 radical (unpaired) electrons. The van der Waals surface area contributed by atoms with Gasteiger partial charge in [0.25, 0.3) is 0 Å². The molecule has 330 valence electrons. The van der Waals surface area contributed by atoms with Crippen LogP contribution in [-0.4, -0.2) is 111 Å². The number of thiazole rings is 2. The second-order valence-corrected chi connectivity index (χ2v) is 29.9. The van der Waals surface area contributed by atoms with Crippen LogP contribution in [0.25, 0.3) is 45.5 Å². The minimum atomic E-state index is -1.41. The minimum Gasteiger partial charge on any atom is -0.464 e. The summed E-state index contributed by atoms with van der Waals surface area (Å²) in [6, 6.07) is 1.57. The molecule has 0 fully saturated rings. The van der Waals surface area contributed by atoms with Crippen LogP contribution in [0.4, 0.5) is 9.59 Å². The van der Waals surface area contributed by atoms with Crippen molar-refractivity contribution in [3.8, 4) is 45.5 Å². The van der Waals surface area contributed by atoms with Crippen LogP contribution in [0.3, 0.4) is 0 Å². The first-order chi connectivity index (χ1) is 28.7. The molecule has 5 rings (SSSR count). The molecule has 1 atom stereocenters. The van der Waals surface area contributed by atoms with Gasteiger partial charge in [0.2, 0.25) is 23.6 Å². The molecule has 0 aliphatic carbocycles. The Morgan fingerprint density at radius 1 is 0.754 bits per heavy atom. The number of aliphatic imine (C=N–C) groups is 1. The maximum absolute atomic E-state index is 12.6. The highest BCUT2D eigenvalue weighted by molar-refractivity contribution is 7.13. The van der Waals surface area contributed by atoms with E-state index in [1.807, 2.05) is 31.8 Å². The van der Waals surface area contributed by atoms with Gasteiger partial charge in [0.15, 0.2) is 11.4 Å². The van der Waals surface area contributed by atoms with E-state index < -0.39 is 34.3 Å². The molecule has 5 aromatic rings. The quantitative estimate of drug-likeness (QED) is 0.0222. The Morgan fingerprint density at radius 3 is 1.87 bits per heavy atom. The van der Waals surface area contributed by atoms with Gasteiger partial charge in [-0.25, -0.2) is 39.3 Å². The smallest absolute Gasteiger partial charge is 0.413 e. The summed E-state index contributed by atoms with van der Waals surface area (Å²) in [6.07, 6.45) is -0.0707. The number of esters is 1. The number of ether oxygens (including phenoxy) is 3. The third-order valence-corrected chi connectivity index (χ3v) is 14.3. The summed E-state index contributed by atoms with van der Waals surface area (Å²) in [5.74, 6) is 1.45. The fourth-order valence-electron chi connectivity index (χ4n) is 5.57. The second kappa shape index (κ2) is 20.2. The molecule has 0 saturated heterocycles. The SMILES string of the molecule is COC(=O)c1nc(-c2nc(-c3csc(-c4nc(-c5csc([C@H](CCCN=C(NC(=O)OCC[Si](C)(C)C)NC(=O)OCC[Si](C)(C)C)N(C)C)n5)oc4C)n3)oc2C)oc1C. The van der Waals surface area contributed by atoms with Gasteiger partial charge in [-0.1, -0.05) is 39.3 Å². The summed E-state index contributed by atoms with van der Waals surface area (Å²) < 4.78 is 33.3. The van der Waals surface area contributed by atoms with E-state index in [1.54, 1.807) is 13.8 Å². The number of hydrogen-bond donors (Lipinski definition) is 2. The van der Waals surface area contributed by atoms with Crippen molar-refractivity contribution in [1.29, 1.82) is 0 Å². The number of oxazole rings is 3. The molecule has 0 aliphatic rings. The highest BCUT2D eigenvalue weighted by atomic mass is 32.1. The summed E-state index contributed by atoms with van der Waals surface area (Å²) in [5, 5.41) is 10.3. The molecule has 5 heterocycles. The van der Waals surface area contributed by atoms with Crippen molar-refractivity contribution in [2.45, 2.75) is 91.0 Å². The lowest BCUT2D eigenvalue weighted by Gasteiger charge is -2.21. The second-order valence-electron chi connectivity index (χ2n) is 16.9. The molecule has 18 nitrogen and oxygen atoms in total. The van der Waals surface area contributed by atoms with Crippen LogP contribution >= 0.6 is 22.7 Å². The number of hydrogen-bond acceptors (Lipinski definition) is 18. The number of rotatable bonds is 17. The summed E-state index contributed by atoms with van der Waals surface area (Å²) in [4.78, 5) is 67.1. The number of nitrogens with zero attached hydrogens (tertiary/aromatic N) is 7. The van der Waals surface area contributed by atoms with E-state index in [0.29, 0.717) is 70.3 Å². The molecule has 0 bridgehead atoms. The number of aryl methyl sites for hydroxylation is 3. The molecule has 5 aromatic heterocycles. The number of methoxy groups -OCH3 is 1. The zero-order valence-electron chi connectivity index (χ0n) is 36.8. The topological polar surface area (TPSA) is 222 Å². The van der Waals surface area contributed by atoms with Gasteiger partial charge in [0.05, 0.1) is 26.4 Å². The third-order valence-electron chi connectivity index (χ3n) is 9.06. The first kappa shape index (κ1) is 47.0. The van der Waals surface area contributed by atoms with Gasteiger partial charge in [-0.05, 0) is 59.8 Å². The largest absolute Gasteiger partial charge is 0.464 e. The van der Waals surface area contributed by atoms with Crippen molar-refractivity contribution in [2.24, 2.45) is 4.99 Å². The Kier molecular flexibility index (Phi) is 15.6. The lowest BCUT2D eigenvalue weighted by atomic mass is 10.1. The Morgan fingerprint density at radius 2 is 1.30 bits per heavy atom. The summed E-state index contributed by atoms with van der Waals surface area (Å²) >= 11 is 2.86. The van der Waals surface area contributed by atoms with Gasteiger partial charge < -0.3 is 32.4 Å². The molecule has 0 aromatic carbocycles. The number of alkyl carbamates (subject to hydrolysis) is 2. The fourth-order valence-corrected chi connectivity index (χ4v) is 8.85. The predicted molar refractivity (Wildman–Crippen MR) is 239 cm³/mol. The van der Waals surface area contributed by atoms with E-state index in [1.165, 1.54) is 29.8 Å². The van der Waals surface area contributed by atoms with Gasteiger partial charge in [0.1, 0.15) is 44.4 Å². The maximum Gasteiger partial charge on any atom is 0.413 e. The molecule has 2 amide bonds. The zero-order valence-corrected chi connectivity index (χ0v) is 40.4. The van der Waals surface area contributed by atoms with E-state index in [-0.39, 0.29) is 42.7 Å². The summed E-state index contributed by atoms with van der Waals surface area (Å²) in [5.41, 5.74) is 2.05. The first-order valence-electron chi connectivity index (χ1n) is 19.7. The number of guanidine groups is 1. The van der Waals surface area contributed by atoms with Gasteiger partial charge in [-0.2, -0.15) is 0 Å². The number of nitrogens with one attached hydrogen (secondary N) is 2. The molecule has 22 heteroatoms. The van der Waals surface area contributed by atoms with E-state index in [4.69, 9.17) is 42.4 Å². The van der Waals surface area contributed by atoms with Crippen LogP contribution in [0.15, 0.2) is 29.0 Å². The molecule has 0 saturated carbocycles. The first-order valence-corrected chi connectivity index (χ1v) is 28.9. The number of carbonyl (C=O) groups is 3. The van der Waals surface area contributed by atoms with Crippen LogP contribution in [0.1, 0.15) is 51.7 Å². The lowest BCUT2D eigenvalue weighted by molar-refractivity contribution is 0.0592. The van der Waals surface area contributed by atoms with Crippen LogP contribution in [0.2, 0.25) is 51.4 Å². The normalized spacial score (nSPS) is 12.3. The molecular formula is C39H55N9O9S2Si2. The average Bonchev–Trinajstić information content (AvgIpc) is 4.01. The van der Waals surface area contributed by atoms with Crippen LogP contribution in [0.5, 0.6) is 0 Å². The van der Waals surface area contributed by atoms with Gasteiger partial charge in [-0.3, -0.25) is 15.6 Å². The van der Waals surface area contributed by atoms with Crippen LogP contribution < -0.4 is 10.6 Å². The molecule has 2 N–H and O–H groups in total. The molecule has 0 unspecified atom stereocenters. The van der Waals surface area contributed by atoms with Crippen molar-refractivity contribution in [3.63, 3.8) is 0 Å². The van der Waals surface area contributed by atoms with Gasteiger partial charge in [0, 0.05) is 33.5 Å². The molecule has 0 spiro atoms. The summed E-state index contributed by atoms with van der Waals surface area (Å²) in [7, 11) is 2.42. The van der Waals surface area contributed by atoms with Crippen molar-refractivity contribution < 1.29 is 41.8 Å². The third kappa shape index (κ3) is 13.2. The number of carbonyl (C=O) groups excluding carboxylic acids is 3. The molecular weight excluding hydrogens is 859 g/mol. The van der Waals surface area contributed by atoms with Gasteiger partial charge >= 0.3 is 18.2 Å².